The fraction of sp³-hybridized carbons (Fsp3) is 0.105. The lowest BCUT2D eigenvalue weighted by atomic mass is 10.3. The fourth-order valence-electron chi connectivity index (χ4n) is 2.74. The molecule has 0 bridgehead atoms. The molecule has 29 heavy (non-hydrogen) atoms. The normalized spacial score (nSPS) is 11.3. The second-order valence-electron chi connectivity index (χ2n) is 6.28. The van der Waals surface area contributed by atoms with Crippen LogP contribution in [0, 0.1) is 6.92 Å². The minimum absolute atomic E-state index is 0.166. The van der Waals surface area contributed by atoms with Gasteiger partial charge in [-0.05, 0) is 48.9 Å². The average Bonchev–Trinajstić information content (AvgIpc) is 3.32. The first-order valence-electron chi connectivity index (χ1n) is 8.72. The zero-order chi connectivity index (χ0) is 20.3. The van der Waals surface area contributed by atoms with Crippen molar-refractivity contribution in [2.45, 2.75) is 18.4 Å². The third-order valence-electron chi connectivity index (χ3n) is 4.07. The molecular formula is C19H18N6O2S2. The number of hydrogen-bond donors (Lipinski definition) is 2. The average molecular weight is 427 g/mol. The molecule has 0 saturated carbocycles. The summed E-state index contributed by atoms with van der Waals surface area (Å²) in [6, 6.07) is 12.4. The molecular weight excluding hydrogens is 408 g/mol. The van der Waals surface area contributed by atoms with E-state index in [1.165, 1.54) is 11.3 Å². The van der Waals surface area contributed by atoms with Crippen LogP contribution < -0.4 is 10.0 Å². The van der Waals surface area contributed by atoms with Crippen molar-refractivity contribution in [3.05, 3.63) is 77.7 Å². The predicted molar refractivity (Wildman–Crippen MR) is 113 cm³/mol. The quantitative estimate of drug-likeness (QED) is 0.468. The first kappa shape index (κ1) is 19.1. The van der Waals surface area contributed by atoms with Gasteiger partial charge in [-0.3, -0.25) is 9.71 Å². The number of hydrogen-bond acceptors (Lipinski definition) is 7. The van der Waals surface area contributed by atoms with Crippen molar-refractivity contribution in [3.63, 3.8) is 0 Å². The van der Waals surface area contributed by atoms with Gasteiger partial charge in [-0.1, -0.05) is 0 Å². The van der Waals surface area contributed by atoms with Gasteiger partial charge in [-0.2, -0.15) is 5.10 Å². The van der Waals surface area contributed by atoms with Gasteiger partial charge in [-0.25, -0.2) is 18.1 Å². The molecule has 0 atom stereocenters. The number of pyridine rings is 1. The number of thiazole rings is 1. The minimum atomic E-state index is -3.67. The maximum absolute atomic E-state index is 12.4. The van der Waals surface area contributed by atoms with Crippen molar-refractivity contribution in [2.75, 3.05) is 10.0 Å². The molecule has 2 N–H and O–H groups in total. The largest absolute Gasteiger partial charge is 0.340 e. The Morgan fingerprint density at radius 3 is 2.52 bits per heavy atom. The van der Waals surface area contributed by atoms with Crippen LogP contribution in [0.1, 0.15) is 11.3 Å². The summed E-state index contributed by atoms with van der Waals surface area (Å²) in [7, 11) is -3.67. The van der Waals surface area contributed by atoms with Gasteiger partial charge in [0.1, 0.15) is 5.82 Å². The summed E-state index contributed by atoms with van der Waals surface area (Å²) in [5.41, 5.74) is 2.73. The van der Waals surface area contributed by atoms with Crippen molar-refractivity contribution in [2.24, 2.45) is 0 Å². The van der Waals surface area contributed by atoms with E-state index in [2.05, 4.69) is 25.1 Å². The van der Waals surface area contributed by atoms with Gasteiger partial charge in [-0.15, -0.1) is 11.3 Å². The van der Waals surface area contributed by atoms with E-state index >= 15 is 0 Å². The highest BCUT2D eigenvalue weighted by Gasteiger charge is 2.15. The topological polar surface area (TPSA) is 102 Å². The Kier molecular flexibility index (Phi) is 5.28. The zero-order valence-electron chi connectivity index (χ0n) is 15.5. The number of benzene rings is 1. The molecule has 4 rings (SSSR count). The summed E-state index contributed by atoms with van der Waals surface area (Å²) in [5.74, 6) is 0.816. The Hall–Kier alpha value is -3.24. The summed E-state index contributed by atoms with van der Waals surface area (Å²) < 4.78 is 29.2. The number of nitrogens with one attached hydrogen (secondary N) is 2. The molecule has 8 nitrogen and oxygen atoms in total. The van der Waals surface area contributed by atoms with E-state index in [4.69, 9.17) is 0 Å². The molecule has 4 aromatic rings. The summed E-state index contributed by atoms with van der Waals surface area (Å²) in [4.78, 5) is 8.15. The standard InChI is InChI=1S/C19H18N6O2S2/c1-14-12-18(25(23-14)13-15-6-8-20-9-7-15)22-16-2-4-17(5-3-16)29(26,27)24-19-21-10-11-28-19/h2-12,22H,13H2,1H3,(H,21,24). The highest BCUT2D eigenvalue weighted by atomic mass is 32.2. The Labute approximate surface area is 172 Å². The fourth-order valence-corrected chi connectivity index (χ4v) is 4.53. The van der Waals surface area contributed by atoms with Gasteiger partial charge in [0.2, 0.25) is 0 Å². The maximum atomic E-state index is 12.4. The molecule has 0 aliphatic carbocycles. The maximum Gasteiger partial charge on any atom is 0.263 e. The number of rotatable bonds is 7. The Balaban J connectivity index is 1.51. The lowest BCUT2D eigenvalue weighted by Gasteiger charge is -2.11. The molecule has 0 radical (unpaired) electrons. The van der Waals surface area contributed by atoms with Gasteiger partial charge >= 0.3 is 0 Å². The molecule has 0 aliphatic heterocycles. The molecule has 3 aromatic heterocycles. The molecule has 148 valence electrons. The number of aryl methyl sites for hydroxylation is 1. The van der Waals surface area contributed by atoms with Crippen LogP contribution in [0.2, 0.25) is 0 Å². The second-order valence-corrected chi connectivity index (χ2v) is 8.85. The van der Waals surface area contributed by atoms with Crippen LogP contribution in [0.5, 0.6) is 0 Å². The van der Waals surface area contributed by atoms with Crippen LogP contribution in [0.4, 0.5) is 16.6 Å². The van der Waals surface area contributed by atoms with Crippen LogP contribution in [0.25, 0.3) is 0 Å². The molecule has 1 aromatic carbocycles. The molecule has 3 heterocycles. The lowest BCUT2D eigenvalue weighted by molar-refractivity contribution is 0.601. The summed E-state index contributed by atoms with van der Waals surface area (Å²) in [6.45, 7) is 2.52. The molecule has 0 amide bonds. The van der Waals surface area contributed by atoms with Crippen molar-refractivity contribution < 1.29 is 8.42 Å². The first-order valence-corrected chi connectivity index (χ1v) is 11.1. The van der Waals surface area contributed by atoms with Crippen molar-refractivity contribution in [1.82, 2.24) is 19.7 Å². The van der Waals surface area contributed by atoms with Crippen LogP contribution in [-0.4, -0.2) is 28.2 Å². The SMILES string of the molecule is Cc1cc(Nc2ccc(S(=O)(=O)Nc3nccs3)cc2)n(Cc2ccncc2)n1. The van der Waals surface area contributed by atoms with E-state index in [1.807, 2.05) is 29.8 Å². The van der Waals surface area contributed by atoms with E-state index in [-0.39, 0.29) is 4.90 Å². The molecule has 0 spiro atoms. The van der Waals surface area contributed by atoms with Crippen LogP contribution in [0.3, 0.4) is 0 Å². The second kappa shape index (κ2) is 8.02. The highest BCUT2D eigenvalue weighted by Crippen LogP contribution is 2.22. The van der Waals surface area contributed by atoms with Gasteiger partial charge in [0.15, 0.2) is 5.13 Å². The van der Waals surface area contributed by atoms with E-state index in [1.54, 1.807) is 48.2 Å². The first-order chi connectivity index (χ1) is 14.0. The van der Waals surface area contributed by atoms with E-state index in [0.717, 1.165) is 22.8 Å². The molecule has 0 fully saturated rings. The van der Waals surface area contributed by atoms with Crippen molar-refractivity contribution in [1.29, 1.82) is 0 Å². The lowest BCUT2D eigenvalue weighted by Crippen LogP contribution is -2.12. The number of anilines is 3. The van der Waals surface area contributed by atoms with Crippen LogP contribution in [0.15, 0.2) is 71.3 Å². The van der Waals surface area contributed by atoms with Gasteiger partial charge in [0.05, 0.1) is 17.1 Å². The molecule has 10 heteroatoms. The summed E-state index contributed by atoms with van der Waals surface area (Å²) in [6.07, 6.45) is 5.04. The number of nitrogens with zero attached hydrogens (tertiary/aromatic N) is 4. The Bertz CT molecular complexity index is 1190. The third-order valence-corrected chi connectivity index (χ3v) is 6.25. The van der Waals surface area contributed by atoms with Gasteiger partial charge in [0.25, 0.3) is 10.0 Å². The highest BCUT2D eigenvalue weighted by molar-refractivity contribution is 7.93. The Morgan fingerprint density at radius 1 is 1.07 bits per heavy atom. The number of sulfonamides is 1. The van der Waals surface area contributed by atoms with E-state index in [0.29, 0.717) is 11.7 Å². The van der Waals surface area contributed by atoms with Gasteiger partial charge < -0.3 is 5.32 Å². The predicted octanol–water partition coefficient (Wildman–Crippen LogP) is 3.64. The monoisotopic (exact) mass is 426 g/mol. The number of aromatic nitrogens is 4. The summed E-state index contributed by atoms with van der Waals surface area (Å²) in [5, 5.41) is 9.87. The third kappa shape index (κ3) is 4.61. The Morgan fingerprint density at radius 2 is 1.83 bits per heavy atom. The van der Waals surface area contributed by atoms with Gasteiger partial charge in [0, 0.05) is 35.7 Å². The van der Waals surface area contributed by atoms with Crippen molar-refractivity contribution in [3.8, 4) is 0 Å². The van der Waals surface area contributed by atoms with E-state index < -0.39 is 10.0 Å². The van der Waals surface area contributed by atoms with E-state index in [9.17, 15) is 8.42 Å². The van der Waals surface area contributed by atoms with Crippen LogP contribution >= 0.6 is 11.3 Å². The minimum Gasteiger partial charge on any atom is -0.340 e. The summed E-state index contributed by atoms with van der Waals surface area (Å²) >= 11 is 1.23. The van der Waals surface area contributed by atoms with Crippen LogP contribution in [-0.2, 0) is 16.6 Å². The molecule has 0 unspecified atom stereocenters. The molecule has 0 aliphatic rings. The molecule has 0 saturated heterocycles. The smallest absolute Gasteiger partial charge is 0.263 e. The zero-order valence-corrected chi connectivity index (χ0v) is 17.1. The van der Waals surface area contributed by atoms with Crippen molar-refractivity contribution >= 4 is 38.0 Å².